The van der Waals surface area contributed by atoms with Gasteiger partial charge in [0.15, 0.2) is 5.84 Å². The smallest absolute Gasteiger partial charge is 0.230 e. The van der Waals surface area contributed by atoms with E-state index in [1.807, 2.05) is 0 Å². The summed E-state index contributed by atoms with van der Waals surface area (Å²) in [5, 5.41) is 19.1. The fourth-order valence-corrected chi connectivity index (χ4v) is 2.39. The summed E-state index contributed by atoms with van der Waals surface area (Å²) in [6.45, 7) is 1.76. The zero-order valence-corrected chi connectivity index (χ0v) is 10.7. The average Bonchev–Trinajstić information content (AvgIpc) is 2.59. The van der Waals surface area contributed by atoms with Gasteiger partial charge in [-0.25, -0.2) is 0 Å². The standard InChI is InChI=1S/C9H15N5O2S/c1-5-7(8(10)13-16)9(14(3)12-5)17-4-6(15)11-2/h16H,4H2,1-3H3,(H2,10,13)(H,11,15). The average molecular weight is 257 g/mol. The molecule has 7 nitrogen and oxygen atoms in total. The molecule has 0 fully saturated rings. The first-order valence-corrected chi connectivity index (χ1v) is 5.84. The molecular weight excluding hydrogens is 242 g/mol. The van der Waals surface area contributed by atoms with Gasteiger partial charge in [0.05, 0.1) is 17.0 Å². The van der Waals surface area contributed by atoms with Crippen LogP contribution in [-0.4, -0.2) is 39.5 Å². The summed E-state index contributed by atoms with van der Waals surface area (Å²) in [4.78, 5) is 11.2. The molecule has 4 N–H and O–H groups in total. The summed E-state index contributed by atoms with van der Waals surface area (Å²) in [6, 6.07) is 0. The fourth-order valence-electron chi connectivity index (χ4n) is 1.35. The van der Waals surface area contributed by atoms with Gasteiger partial charge < -0.3 is 16.3 Å². The first kappa shape index (κ1) is 13.4. The Kier molecular flexibility index (Phi) is 4.38. The quantitative estimate of drug-likeness (QED) is 0.225. The molecule has 0 aliphatic rings. The largest absolute Gasteiger partial charge is 0.409 e. The molecule has 1 rings (SSSR count). The van der Waals surface area contributed by atoms with Gasteiger partial charge in [-0.05, 0) is 6.92 Å². The van der Waals surface area contributed by atoms with E-state index < -0.39 is 0 Å². The van der Waals surface area contributed by atoms with Crippen molar-refractivity contribution in [3.8, 4) is 0 Å². The van der Waals surface area contributed by atoms with E-state index in [0.29, 0.717) is 16.3 Å². The minimum Gasteiger partial charge on any atom is -0.409 e. The Morgan fingerprint density at radius 3 is 2.88 bits per heavy atom. The van der Waals surface area contributed by atoms with Crippen LogP contribution in [0.5, 0.6) is 0 Å². The monoisotopic (exact) mass is 257 g/mol. The number of nitrogens with two attached hydrogens (primary N) is 1. The highest BCUT2D eigenvalue weighted by Crippen LogP contribution is 2.24. The van der Waals surface area contributed by atoms with E-state index in [1.54, 1.807) is 25.7 Å². The first-order chi connectivity index (χ1) is 8.01. The molecule has 0 spiro atoms. The van der Waals surface area contributed by atoms with Gasteiger partial charge in [0.1, 0.15) is 5.03 Å². The fraction of sp³-hybridized carbons (Fsp3) is 0.444. The van der Waals surface area contributed by atoms with Gasteiger partial charge in [0, 0.05) is 14.1 Å². The second kappa shape index (κ2) is 5.58. The van der Waals surface area contributed by atoms with E-state index in [0.717, 1.165) is 0 Å². The number of aromatic nitrogens is 2. The number of carbonyl (C=O) groups is 1. The van der Waals surface area contributed by atoms with Crippen molar-refractivity contribution in [2.24, 2.45) is 17.9 Å². The summed E-state index contributed by atoms with van der Waals surface area (Å²) in [5.41, 5.74) is 6.79. The summed E-state index contributed by atoms with van der Waals surface area (Å²) < 4.78 is 1.61. The molecule has 1 aromatic heterocycles. The van der Waals surface area contributed by atoms with Crippen LogP contribution >= 0.6 is 11.8 Å². The third-order valence-electron chi connectivity index (χ3n) is 2.15. The molecule has 0 saturated carbocycles. The normalized spacial score (nSPS) is 11.6. The van der Waals surface area contributed by atoms with Crippen LogP contribution in [-0.2, 0) is 11.8 Å². The van der Waals surface area contributed by atoms with E-state index in [-0.39, 0.29) is 17.5 Å². The number of amides is 1. The predicted molar refractivity (Wildman–Crippen MR) is 65.2 cm³/mol. The molecule has 94 valence electrons. The van der Waals surface area contributed by atoms with Crippen LogP contribution in [0.3, 0.4) is 0 Å². The Hall–Kier alpha value is -1.70. The summed E-state index contributed by atoms with van der Waals surface area (Å²) in [5.74, 6) is 0.149. The highest BCUT2D eigenvalue weighted by molar-refractivity contribution is 8.00. The van der Waals surface area contributed by atoms with Crippen LogP contribution in [0.25, 0.3) is 0 Å². The van der Waals surface area contributed by atoms with Crippen LogP contribution in [0.1, 0.15) is 11.3 Å². The van der Waals surface area contributed by atoms with Gasteiger partial charge in [-0.1, -0.05) is 16.9 Å². The first-order valence-electron chi connectivity index (χ1n) is 4.86. The zero-order valence-electron chi connectivity index (χ0n) is 9.89. The van der Waals surface area contributed by atoms with Gasteiger partial charge in [-0.15, -0.1) is 0 Å². The van der Waals surface area contributed by atoms with Crippen LogP contribution in [0.15, 0.2) is 10.2 Å². The van der Waals surface area contributed by atoms with E-state index in [4.69, 9.17) is 10.9 Å². The van der Waals surface area contributed by atoms with Crippen LogP contribution < -0.4 is 11.1 Å². The maximum Gasteiger partial charge on any atom is 0.230 e. The maximum atomic E-state index is 11.2. The molecule has 0 saturated heterocycles. The van der Waals surface area contributed by atoms with E-state index in [1.165, 1.54) is 11.8 Å². The highest BCUT2D eigenvalue weighted by atomic mass is 32.2. The topological polar surface area (TPSA) is 106 Å². The lowest BCUT2D eigenvalue weighted by atomic mass is 10.2. The van der Waals surface area contributed by atoms with Crippen molar-refractivity contribution in [2.45, 2.75) is 11.9 Å². The SMILES string of the molecule is CNC(=O)CSc1c(C(N)=NO)c(C)nn1C. The minimum absolute atomic E-state index is 0.00462. The molecule has 0 aliphatic carbocycles. The lowest BCUT2D eigenvalue weighted by Gasteiger charge is -2.04. The molecular formula is C9H15N5O2S. The van der Waals surface area contributed by atoms with Crippen LogP contribution in [0, 0.1) is 6.92 Å². The van der Waals surface area contributed by atoms with Crippen LogP contribution in [0.4, 0.5) is 0 Å². The van der Waals surface area contributed by atoms with Crippen molar-refractivity contribution in [3.63, 3.8) is 0 Å². The molecule has 0 aromatic carbocycles. The molecule has 17 heavy (non-hydrogen) atoms. The van der Waals surface area contributed by atoms with E-state index in [2.05, 4.69) is 15.6 Å². The Bertz CT molecular complexity index is 454. The Labute approximate surface area is 103 Å². The van der Waals surface area contributed by atoms with Gasteiger partial charge >= 0.3 is 0 Å². The number of hydrogen-bond acceptors (Lipinski definition) is 5. The Morgan fingerprint density at radius 1 is 1.71 bits per heavy atom. The molecule has 1 amide bonds. The third-order valence-corrected chi connectivity index (χ3v) is 3.30. The van der Waals surface area contributed by atoms with Crippen molar-refractivity contribution in [3.05, 3.63) is 11.3 Å². The summed E-state index contributed by atoms with van der Waals surface area (Å²) in [7, 11) is 3.31. The molecule has 1 heterocycles. The molecule has 0 unspecified atom stereocenters. The van der Waals surface area contributed by atoms with Crippen molar-refractivity contribution in [1.82, 2.24) is 15.1 Å². The number of rotatable bonds is 4. The number of nitrogens with zero attached hydrogens (tertiary/aromatic N) is 3. The van der Waals surface area contributed by atoms with Crippen molar-refractivity contribution in [2.75, 3.05) is 12.8 Å². The van der Waals surface area contributed by atoms with Crippen LogP contribution in [0.2, 0.25) is 0 Å². The zero-order chi connectivity index (χ0) is 13.0. The molecule has 1 aromatic rings. The van der Waals surface area contributed by atoms with Gasteiger partial charge in [0.25, 0.3) is 0 Å². The van der Waals surface area contributed by atoms with Crippen molar-refractivity contribution in [1.29, 1.82) is 0 Å². The van der Waals surface area contributed by atoms with Gasteiger partial charge in [-0.3, -0.25) is 9.48 Å². The highest BCUT2D eigenvalue weighted by Gasteiger charge is 2.18. The number of aryl methyl sites for hydroxylation is 2. The Balaban J connectivity index is 3.02. The minimum atomic E-state index is -0.0979. The van der Waals surface area contributed by atoms with E-state index in [9.17, 15) is 4.79 Å². The lowest BCUT2D eigenvalue weighted by Crippen LogP contribution is -2.20. The maximum absolute atomic E-state index is 11.2. The Morgan fingerprint density at radius 2 is 2.35 bits per heavy atom. The summed E-state index contributed by atoms with van der Waals surface area (Å²) in [6.07, 6.45) is 0. The molecule has 0 atom stereocenters. The third kappa shape index (κ3) is 2.90. The second-order valence-electron chi connectivity index (χ2n) is 3.34. The second-order valence-corrected chi connectivity index (χ2v) is 4.30. The number of thioether (sulfide) groups is 1. The van der Waals surface area contributed by atoms with Gasteiger partial charge in [-0.2, -0.15) is 5.10 Å². The number of oxime groups is 1. The molecule has 0 aliphatic heterocycles. The van der Waals surface area contributed by atoms with Crippen molar-refractivity contribution >= 4 is 23.5 Å². The lowest BCUT2D eigenvalue weighted by molar-refractivity contribution is -0.118. The van der Waals surface area contributed by atoms with Crippen molar-refractivity contribution < 1.29 is 10.0 Å². The summed E-state index contributed by atoms with van der Waals surface area (Å²) >= 11 is 1.29. The number of amidine groups is 1. The number of carbonyl (C=O) groups excluding carboxylic acids is 1. The molecule has 8 heteroatoms. The van der Waals surface area contributed by atoms with Gasteiger partial charge in [0.2, 0.25) is 5.91 Å². The predicted octanol–water partition coefficient (Wildman–Crippen LogP) is -0.339. The van der Waals surface area contributed by atoms with E-state index >= 15 is 0 Å². The molecule has 0 radical (unpaired) electrons. The molecule has 0 bridgehead atoms. The number of hydrogen-bond donors (Lipinski definition) is 3. The number of nitrogens with one attached hydrogen (secondary N) is 1.